The minimum absolute atomic E-state index is 0.0929. The fraction of sp³-hybridized carbons (Fsp3) is 0.579. The number of carbonyl (C=O) groups is 2. The molecule has 2 amide bonds. The van der Waals surface area contributed by atoms with Crippen LogP contribution in [0, 0.1) is 5.92 Å². The van der Waals surface area contributed by atoms with Gasteiger partial charge in [0, 0.05) is 22.8 Å². The Morgan fingerprint density at radius 2 is 2.11 bits per heavy atom. The maximum absolute atomic E-state index is 13.2. The summed E-state index contributed by atoms with van der Waals surface area (Å²) in [5.74, 6) is 0.102. The largest absolute Gasteiger partial charge is 0.351 e. The molecule has 0 saturated heterocycles. The highest BCUT2D eigenvalue weighted by atomic mass is 32.1. The highest BCUT2D eigenvalue weighted by Crippen LogP contribution is 2.29. The van der Waals surface area contributed by atoms with Gasteiger partial charge in [0.1, 0.15) is 6.04 Å². The van der Waals surface area contributed by atoms with E-state index in [1.807, 2.05) is 17.5 Å². The van der Waals surface area contributed by atoms with E-state index in [1.165, 1.54) is 11.3 Å². The van der Waals surface area contributed by atoms with Gasteiger partial charge in [-0.2, -0.15) is 0 Å². The SMILES string of the molecule is CC(C)CCN(C(=O)c1csnn1)C(C(=O)NC1CCCC1)c1cccs1. The molecule has 3 rings (SSSR count). The van der Waals surface area contributed by atoms with E-state index in [0.717, 1.165) is 48.5 Å². The van der Waals surface area contributed by atoms with Gasteiger partial charge < -0.3 is 10.2 Å². The fourth-order valence-corrected chi connectivity index (χ4v) is 4.64. The van der Waals surface area contributed by atoms with E-state index in [1.54, 1.807) is 10.3 Å². The number of hydrogen-bond donors (Lipinski definition) is 1. The van der Waals surface area contributed by atoms with Gasteiger partial charge in [0.15, 0.2) is 5.69 Å². The summed E-state index contributed by atoms with van der Waals surface area (Å²) < 4.78 is 3.82. The number of amides is 2. The van der Waals surface area contributed by atoms with E-state index >= 15 is 0 Å². The van der Waals surface area contributed by atoms with Crippen molar-refractivity contribution in [3.05, 3.63) is 33.5 Å². The molecule has 1 aliphatic rings. The Labute approximate surface area is 168 Å². The molecule has 0 bridgehead atoms. The van der Waals surface area contributed by atoms with Gasteiger partial charge in [0.25, 0.3) is 5.91 Å². The molecule has 1 unspecified atom stereocenters. The van der Waals surface area contributed by atoms with E-state index in [4.69, 9.17) is 0 Å². The normalized spacial score (nSPS) is 15.8. The van der Waals surface area contributed by atoms with Crippen molar-refractivity contribution in [1.29, 1.82) is 0 Å². The molecule has 0 aromatic carbocycles. The van der Waals surface area contributed by atoms with Crippen molar-refractivity contribution < 1.29 is 9.59 Å². The summed E-state index contributed by atoms with van der Waals surface area (Å²) in [6.45, 7) is 4.74. The zero-order valence-electron chi connectivity index (χ0n) is 15.8. The summed E-state index contributed by atoms with van der Waals surface area (Å²) in [6.07, 6.45) is 5.14. The fourth-order valence-electron chi connectivity index (χ4n) is 3.37. The van der Waals surface area contributed by atoms with Crippen LogP contribution in [0.25, 0.3) is 0 Å². The Hall–Kier alpha value is -1.80. The van der Waals surface area contributed by atoms with Crippen molar-refractivity contribution in [3.63, 3.8) is 0 Å². The first-order valence-corrected chi connectivity index (χ1v) is 11.2. The van der Waals surface area contributed by atoms with Crippen LogP contribution in [-0.4, -0.2) is 38.9 Å². The molecule has 1 N–H and O–H groups in total. The molecule has 2 aromatic heterocycles. The zero-order valence-corrected chi connectivity index (χ0v) is 17.4. The first-order chi connectivity index (χ1) is 13.1. The quantitative estimate of drug-likeness (QED) is 0.722. The third-order valence-electron chi connectivity index (χ3n) is 4.86. The monoisotopic (exact) mass is 406 g/mol. The number of nitrogens with zero attached hydrogens (tertiary/aromatic N) is 3. The molecule has 1 fully saturated rings. The van der Waals surface area contributed by atoms with Crippen molar-refractivity contribution in [2.24, 2.45) is 5.92 Å². The lowest BCUT2D eigenvalue weighted by Gasteiger charge is -2.31. The second-order valence-electron chi connectivity index (χ2n) is 7.38. The van der Waals surface area contributed by atoms with Gasteiger partial charge in [-0.3, -0.25) is 9.59 Å². The number of rotatable bonds is 8. The predicted molar refractivity (Wildman–Crippen MR) is 108 cm³/mol. The van der Waals surface area contributed by atoms with Crippen LogP contribution in [0.5, 0.6) is 0 Å². The minimum Gasteiger partial charge on any atom is -0.351 e. The average molecular weight is 407 g/mol. The molecule has 1 aliphatic carbocycles. The van der Waals surface area contributed by atoms with Crippen LogP contribution in [-0.2, 0) is 4.79 Å². The highest BCUT2D eigenvalue weighted by Gasteiger charge is 2.34. The van der Waals surface area contributed by atoms with E-state index in [0.29, 0.717) is 18.2 Å². The number of thiophene rings is 1. The number of hydrogen-bond acceptors (Lipinski definition) is 6. The molecule has 1 saturated carbocycles. The van der Waals surface area contributed by atoms with Crippen LogP contribution in [0.1, 0.15) is 67.4 Å². The van der Waals surface area contributed by atoms with Crippen LogP contribution in [0.2, 0.25) is 0 Å². The maximum atomic E-state index is 13.2. The van der Waals surface area contributed by atoms with Gasteiger partial charge in [-0.05, 0) is 48.2 Å². The lowest BCUT2D eigenvalue weighted by atomic mass is 10.1. The summed E-state index contributed by atoms with van der Waals surface area (Å²) in [4.78, 5) is 28.9. The molecule has 1 atom stereocenters. The number of carbonyl (C=O) groups excluding carboxylic acids is 2. The molecule has 0 aliphatic heterocycles. The van der Waals surface area contributed by atoms with Crippen molar-refractivity contribution >= 4 is 34.7 Å². The van der Waals surface area contributed by atoms with Crippen molar-refractivity contribution in [3.8, 4) is 0 Å². The van der Waals surface area contributed by atoms with Crippen LogP contribution < -0.4 is 5.32 Å². The van der Waals surface area contributed by atoms with Crippen LogP contribution in [0.3, 0.4) is 0 Å². The third kappa shape index (κ3) is 5.13. The van der Waals surface area contributed by atoms with Crippen molar-refractivity contribution in [2.75, 3.05) is 6.54 Å². The third-order valence-corrected chi connectivity index (χ3v) is 6.29. The molecule has 6 nitrogen and oxygen atoms in total. The van der Waals surface area contributed by atoms with E-state index in [2.05, 4.69) is 28.8 Å². The Morgan fingerprint density at radius 3 is 2.70 bits per heavy atom. The molecule has 2 heterocycles. The highest BCUT2D eigenvalue weighted by molar-refractivity contribution is 7.10. The summed E-state index contributed by atoms with van der Waals surface area (Å²) >= 11 is 2.65. The van der Waals surface area contributed by atoms with Gasteiger partial charge >= 0.3 is 0 Å². The van der Waals surface area contributed by atoms with Gasteiger partial charge in [0.05, 0.1) is 0 Å². The van der Waals surface area contributed by atoms with E-state index < -0.39 is 6.04 Å². The first kappa shape index (κ1) is 19.9. The predicted octanol–water partition coefficient (Wildman–Crippen LogP) is 3.89. The molecular formula is C19H26N4O2S2. The lowest BCUT2D eigenvalue weighted by molar-refractivity contribution is -0.126. The van der Waals surface area contributed by atoms with E-state index in [-0.39, 0.29) is 17.9 Å². The smallest absolute Gasteiger partial charge is 0.276 e. The van der Waals surface area contributed by atoms with Crippen LogP contribution in [0.4, 0.5) is 0 Å². The molecule has 2 aromatic rings. The average Bonchev–Trinajstić information content (AvgIpc) is 3.40. The minimum atomic E-state index is -0.626. The Morgan fingerprint density at radius 1 is 1.33 bits per heavy atom. The van der Waals surface area contributed by atoms with Crippen molar-refractivity contribution in [2.45, 2.75) is 58.0 Å². The van der Waals surface area contributed by atoms with Crippen molar-refractivity contribution in [1.82, 2.24) is 19.8 Å². The lowest BCUT2D eigenvalue weighted by Crippen LogP contribution is -2.46. The summed E-state index contributed by atoms with van der Waals surface area (Å²) in [7, 11) is 0. The van der Waals surface area contributed by atoms with Gasteiger partial charge in [-0.25, -0.2) is 0 Å². The van der Waals surface area contributed by atoms with Crippen LogP contribution >= 0.6 is 22.9 Å². The summed E-state index contributed by atoms with van der Waals surface area (Å²) in [5, 5.41) is 10.7. The number of aromatic nitrogens is 2. The Kier molecular flexibility index (Phi) is 6.95. The zero-order chi connectivity index (χ0) is 19.2. The van der Waals surface area contributed by atoms with Gasteiger partial charge in [-0.1, -0.05) is 37.2 Å². The van der Waals surface area contributed by atoms with E-state index in [9.17, 15) is 9.59 Å². The van der Waals surface area contributed by atoms with Gasteiger partial charge in [0.2, 0.25) is 5.91 Å². The van der Waals surface area contributed by atoms with Crippen LogP contribution in [0.15, 0.2) is 22.9 Å². The Balaban J connectivity index is 1.88. The molecule has 146 valence electrons. The molecule has 8 heteroatoms. The Bertz CT molecular complexity index is 725. The standard InChI is InChI=1S/C19H26N4O2S2/c1-13(2)9-10-23(19(25)15-12-27-22-21-15)17(16-8-5-11-26-16)18(24)20-14-6-3-4-7-14/h5,8,11-14,17H,3-4,6-7,9-10H2,1-2H3,(H,20,24). The maximum Gasteiger partial charge on any atom is 0.276 e. The summed E-state index contributed by atoms with van der Waals surface area (Å²) in [6, 6.07) is 3.44. The molecule has 27 heavy (non-hydrogen) atoms. The first-order valence-electron chi connectivity index (χ1n) is 9.48. The summed E-state index contributed by atoms with van der Waals surface area (Å²) in [5.41, 5.74) is 0.305. The topological polar surface area (TPSA) is 75.2 Å². The molecular weight excluding hydrogens is 380 g/mol. The second-order valence-corrected chi connectivity index (χ2v) is 8.97. The second kappa shape index (κ2) is 9.41. The molecule has 0 radical (unpaired) electrons. The molecule has 0 spiro atoms. The van der Waals surface area contributed by atoms with Gasteiger partial charge in [-0.15, -0.1) is 16.4 Å². The number of nitrogens with one attached hydrogen (secondary N) is 1.